The molecule has 1 heterocycles. The van der Waals surface area contributed by atoms with E-state index in [2.05, 4.69) is 36.8 Å². The van der Waals surface area contributed by atoms with Crippen molar-refractivity contribution in [2.24, 2.45) is 5.41 Å². The molecule has 0 saturated carbocycles. The second-order valence-corrected chi connectivity index (χ2v) is 6.26. The molecule has 0 unspecified atom stereocenters. The van der Waals surface area contributed by atoms with E-state index in [-0.39, 0.29) is 11.0 Å². The van der Waals surface area contributed by atoms with Gasteiger partial charge in [-0.1, -0.05) is 0 Å². The molecule has 1 aliphatic heterocycles. The fourth-order valence-electron chi connectivity index (χ4n) is 2.03. The van der Waals surface area contributed by atoms with Crippen LogP contribution < -0.4 is 0 Å². The molecule has 1 saturated heterocycles. The Labute approximate surface area is 100 Å². The Morgan fingerprint density at radius 2 is 1.94 bits per heavy atom. The second kappa shape index (κ2) is 4.73. The summed E-state index contributed by atoms with van der Waals surface area (Å²) in [5, 5.41) is 8.99. The monoisotopic (exact) mass is 223 g/mol. The summed E-state index contributed by atoms with van der Waals surface area (Å²) in [6, 6.07) is 2.37. The Morgan fingerprint density at radius 3 is 2.44 bits per heavy atom. The summed E-state index contributed by atoms with van der Waals surface area (Å²) in [4.78, 5) is 4.90. The van der Waals surface area contributed by atoms with Crippen molar-refractivity contribution in [2.75, 3.05) is 33.2 Å². The van der Waals surface area contributed by atoms with Gasteiger partial charge in [-0.25, -0.2) is 0 Å². The van der Waals surface area contributed by atoms with Gasteiger partial charge in [-0.15, -0.1) is 0 Å². The molecule has 16 heavy (non-hydrogen) atoms. The standard InChI is InChI=1S/C13H25N3/c1-12(2,10-14)6-7-16-9-8-15(5)13(3,4)11-16/h6-9,11H2,1-5H3. The molecule has 1 rings (SSSR count). The smallest absolute Gasteiger partial charge is 0.0684 e. The third-order valence-electron chi connectivity index (χ3n) is 3.75. The van der Waals surface area contributed by atoms with Gasteiger partial charge in [-0.05, 0) is 47.7 Å². The zero-order valence-electron chi connectivity index (χ0n) is 11.4. The number of rotatable bonds is 3. The van der Waals surface area contributed by atoms with Crippen molar-refractivity contribution in [3.63, 3.8) is 0 Å². The molecule has 0 aliphatic carbocycles. The molecule has 0 aromatic carbocycles. The minimum atomic E-state index is -0.187. The first-order valence-electron chi connectivity index (χ1n) is 6.12. The Morgan fingerprint density at radius 1 is 1.31 bits per heavy atom. The molecule has 0 amide bonds. The molecule has 0 atom stereocenters. The van der Waals surface area contributed by atoms with E-state index in [1.54, 1.807) is 0 Å². The fraction of sp³-hybridized carbons (Fsp3) is 0.923. The lowest BCUT2D eigenvalue weighted by Crippen LogP contribution is -2.57. The maximum absolute atomic E-state index is 8.99. The van der Waals surface area contributed by atoms with Crippen LogP contribution in [0.2, 0.25) is 0 Å². The number of nitrogens with zero attached hydrogens (tertiary/aromatic N) is 3. The Bertz CT molecular complexity index is 275. The zero-order chi connectivity index (χ0) is 12.4. The number of hydrogen-bond acceptors (Lipinski definition) is 3. The minimum Gasteiger partial charge on any atom is -0.300 e. The molecule has 1 aliphatic rings. The summed E-state index contributed by atoms with van der Waals surface area (Å²) < 4.78 is 0. The predicted octanol–water partition coefficient (Wildman–Crippen LogP) is 1.95. The van der Waals surface area contributed by atoms with Crippen LogP contribution in [0.5, 0.6) is 0 Å². The lowest BCUT2D eigenvalue weighted by atomic mass is 9.90. The fourth-order valence-corrected chi connectivity index (χ4v) is 2.03. The van der Waals surface area contributed by atoms with E-state index in [4.69, 9.17) is 5.26 Å². The van der Waals surface area contributed by atoms with Crippen molar-refractivity contribution >= 4 is 0 Å². The third-order valence-corrected chi connectivity index (χ3v) is 3.75. The van der Waals surface area contributed by atoms with E-state index in [1.165, 1.54) is 0 Å². The van der Waals surface area contributed by atoms with Gasteiger partial charge < -0.3 is 4.90 Å². The van der Waals surface area contributed by atoms with E-state index in [9.17, 15) is 0 Å². The first-order valence-corrected chi connectivity index (χ1v) is 6.12. The number of piperazine rings is 1. The average Bonchev–Trinajstić information content (AvgIpc) is 2.20. The van der Waals surface area contributed by atoms with Crippen LogP contribution in [0.15, 0.2) is 0 Å². The number of nitriles is 1. The Balaban J connectivity index is 2.44. The Hall–Kier alpha value is -0.590. The highest BCUT2D eigenvalue weighted by atomic mass is 15.3. The summed E-state index contributed by atoms with van der Waals surface area (Å²) in [6.07, 6.45) is 0.962. The van der Waals surface area contributed by atoms with E-state index in [1.807, 2.05) is 13.8 Å². The highest BCUT2D eigenvalue weighted by molar-refractivity contribution is 4.94. The predicted molar refractivity (Wildman–Crippen MR) is 67.2 cm³/mol. The molecule has 1 fully saturated rings. The molecule has 0 spiro atoms. The van der Waals surface area contributed by atoms with Crippen molar-refractivity contribution in [1.29, 1.82) is 5.26 Å². The average molecular weight is 223 g/mol. The van der Waals surface area contributed by atoms with Gasteiger partial charge in [0.15, 0.2) is 0 Å². The molecular weight excluding hydrogens is 198 g/mol. The summed E-state index contributed by atoms with van der Waals surface area (Å²) >= 11 is 0. The molecule has 0 aromatic rings. The molecule has 0 radical (unpaired) electrons. The van der Waals surface area contributed by atoms with Gasteiger partial charge in [0, 0.05) is 25.2 Å². The molecule has 3 heteroatoms. The van der Waals surface area contributed by atoms with E-state index in [0.29, 0.717) is 0 Å². The van der Waals surface area contributed by atoms with E-state index >= 15 is 0 Å². The van der Waals surface area contributed by atoms with Crippen molar-refractivity contribution in [3.8, 4) is 6.07 Å². The minimum absolute atomic E-state index is 0.187. The first kappa shape index (κ1) is 13.5. The summed E-state index contributed by atoms with van der Waals surface area (Å²) in [5.41, 5.74) is 0.0720. The molecule has 0 N–H and O–H groups in total. The maximum atomic E-state index is 8.99. The maximum Gasteiger partial charge on any atom is 0.0684 e. The van der Waals surface area contributed by atoms with E-state index in [0.717, 1.165) is 32.6 Å². The van der Waals surface area contributed by atoms with Crippen LogP contribution in [0.3, 0.4) is 0 Å². The molecule has 0 bridgehead atoms. The summed E-state index contributed by atoms with van der Waals surface area (Å²) in [6.45, 7) is 13.0. The van der Waals surface area contributed by atoms with Crippen molar-refractivity contribution < 1.29 is 0 Å². The highest BCUT2D eigenvalue weighted by Gasteiger charge is 2.31. The van der Waals surface area contributed by atoms with Crippen LogP contribution in [0.4, 0.5) is 0 Å². The van der Waals surface area contributed by atoms with Gasteiger partial charge in [0.25, 0.3) is 0 Å². The third kappa shape index (κ3) is 3.47. The zero-order valence-corrected chi connectivity index (χ0v) is 11.4. The van der Waals surface area contributed by atoms with Gasteiger partial charge in [-0.2, -0.15) is 5.26 Å². The van der Waals surface area contributed by atoms with Gasteiger partial charge >= 0.3 is 0 Å². The second-order valence-electron chi connectivity index (χ2n) is 6.26. The van der Waals surface area contributed by atoms with Gasteiger partial charge in [-0.3, -0.25) is 4.90 Å². The topological polar surface area (TPSA) is 30.3 Å². The van der Waals surface area contributed by atoms with Gasteiger partial charge in [0.05, 0.1) is 11.5 Å². The van der Waals surface area contributed by atoms with Crippen molar-refractivity contribution in [1.82, 2.24) is 9.80 Å². The van der Waals surface area contributed by atoms with Crippen molar-refractivity contribution in [2.45, 2.75) is 39.7 Å². The summed E-state index contributed by atoms with van der Waals surface area (Å²) in [5.74, 6) is 0. The molecular formula is C13H25N3. The molecule has 3 nitrogen and oxygen atoms in total. The SMILES string of the molecule is CN1CCN(CCC(C)(C)C#N)CC1(C)C. The summed E-state index contributed by atoms with van der Waals surface area (Å²) in [7, 11) is 2.19. The highest BCUT2D eigenvalue weighted by Crippen LogP contribution is 2.23. The largest absolute Gasteiger partial charge is 0.300 e. The van der Waals surface area contributed by atoms with Gasteiger partial charge in [0.2, 0.25) is 0 Å². The van der Waals surface area contributed by atoms with Crippen LogP contribution in [0.25, 0.3) is 0 Å². The Kier molecular flexibility index (Phi) is 3.98. The quantitative estimate of drug-likeness (QED) is 0.732. The van der Waals surface area contributed by atoms with E-state index < -0.39 is 0 Å². The lowest BCUT2D eigenvalue weighted by Gasteiger charge is -2.45. The number of likely N-dealkylation sites (N-methyl/N-ethyl adjacent to an activating group) is 1. The van der Waals surface area contributed by atoms with Crippen LogP contribution in [0, 0.1) is 16.7 Å². The van der Waals surface area contributed by atoms with Crippen LogP contribution in [-0.4, -0.2) is 48.6 Å². The lowest BCUT2D eigenvalue weighted by molar-refractivity contribution is 0.0363. The first-order chi connectivity index (χ1) is 7.27. The molecule has 0 aromatic heterocycles. The van der Waals surface area contributed by atoms with Crippen molar-refractivity contribution in [3.05, 3.63) is 0 Å². The van der Waals surface area contributed by atoms with Crippen LogP contribution in [-0.2, 0) is 0 Å². The van der Waals surface area contributed by atoms with Gasteiger partial charge in [0.1, 0.15) is 0 Å². The molecule has 92 valence electrons. The number of hydrogen-bond donors (Lipinski definition) is 0. The van der Waals surface area contributed by atoms with Crippen LogP contribution >= 0.6 is 0 Å². The normalized spacial score (nSPS) is 23.0. The van der Waals surface area contributed by atoms with Crippen LogP contribution in [0.1, 0.15) is 34.1 Å².